The zero-order valence-corrected chi connectivity index (χ0v) is 9.06. The van der Waals surface area contributed by atoms with Crippen molar-refractivity contribution < 1.29 is 0 Å². The van der Waals surface area contributed by atoms with Crippen LogP contribution in [-0.2, 0) is 0 Å². The lowest BCUT2D eigenvalue weighted by molar-refractivity contribution is 0.884. The third-order valence-electron chi connectivity index (χ3n) is 1.27. The molecule has 0 amide bonds. The van der Waals surface area contributed by atoms with Crippen LogP contribution in [0.4, 0.5) is 0 Å². The summed E-state index contributed by atoms with van der Waals surface area (Å²) in [7, 11) is 0. The summed E-state index contributed by atoms with van der Waals surface area (Å²) in [4.78, 5) is 0. The van der Waals surface area contributed by atoms with Crippen LogP contribution in [0.2, 0.25) is 0 Å². The Labute approximate surface area is 83.6 Å². The highest BCUT2D eigenvalue weighted by Gasteiger charge is 1.79. The van der Waals surface area contributed by atoms with E-state index < -0.39 is 0 Å². The van der Waals surface area contributed by atoms with E-state index in [9.17, 15) is 0 Å². The molecule has 11 heavy (non-hydrogen) atoms. The Kier molecular flexibility index (Phi) is 10.1. The van der Waals surface area contributed by atoms with E-state index in [1.54, 1.807) is 0 Å². The van der Waals surface area contributed by atoms with Crippen LogP contribution in [0.25, 0.3) is 0 Å². The standard InChI is InChI=1S/C10H15I/c1-2-3-4-5-6-7-8-9-10-11/h2H,1,3-5,8-10H2. The smallest absolute Gasteiger partial charge is 0.00959 e. The normalized spacial score (nSPS) is 8.45. The number of rotatable bonds is 5. The summed E-state index contributed by atoms with van der Waals surface area (Å²) >= 11 is 2.38. The van der Waals surface area contributed by atoms with Crippen LogP contribution in [0.3, 0.4) is 0 Å². The molecule has 0 spiro atoms. The zero-order chi connectivity index (χ0) is 8.36. The quantitative estimate of drug-likeness (QED) is 0.233. The molecule has 0 aliphatic rings. The van der Waals surface area contributed by atoms with Gasteiger partial charge in [0, 0.05) is 17.3 Å². The van der Waals surface area contributed by atoms with Gasteiger partial charge in [0.2, 0.25) is 0 Å². The monoisotopic (exact) mass is 262 g/mol. The highest BCUT2D eigenvalue weighted by Crippen LogP contribution is 1.95. The Morgan fingerprint density at radius 2 is 1.82 bits per heavy atom. The van der Waals surface area contributed by atoms with E-state index in [1.807, 2.05) is 6.08 Å². The van der Waals surface area contributed by atoms with Gasteiger partial charge in [0.05, 0.1) is 0 Å². The Hall–Kier alpha value is 0.0300. The molecule has 0 unspecified atom stereocenters. The fourth-order valence-corrected chi connectivity index (χ4v) is 1.05. The van der Waals surface area contributed by atoms with E-state index in [0.717, 1.165) is 19.3 Å². The summed E-state index contributed by atoms with van der Waals surface area (Å²) in [5, 5.41) is 0. The number of hydrogen-bond donors (Lipinski definition) is 0. The van der Waals surface area contributed by atoms with Gasteiger partial charge in [-0.25, -0.2) is 0 Å². The largest absolute Gasteiger partial charge is 0.103 e. The molecule has 0 bridgehead atoms. The third-order valence-corrected chi connectivity index (χ3v) is 2.03. The molecule has 0 rings (SSSR count). The van der Waals surface area contributed by atoms with Gasteiger partial charge in [-0.2, -0.15) is 0 Å². The first kappa shape index (κ1) is 11.0. The predicted octanol–water partition coefficient (Wildman–Crippen LogP) is 3.56. The average Bonchev–Trinajstić information content (AvgIpc) is 2.03. The van der Waals surface area contributed by atoms with Gasteiger partial charge in [-0.05, 0) is 19.3 Å². The molecule has 0 fully saturated rings. The van der Waals surface area contributed by atoms with E-state index in [0.29, 0.717) is 0 Å². The molecule has 0 aromatic rings. The molecule has 0 heterocycles. The topological polar surface area (TPSA) is 0 Å². The van der Waals surface area contributed by atoms with Crippen LogP contribution >= 0.6 is 22.6 Å². The second-order valence-electron chi connectivity index (χ2n) is 2.33. The van der Waals surface area contributed by atoms with Crippen molar-refractivity contribution in [3.8, 4) is 11.8 Å². The second kappa shape index (κ2) is 10.0. The second-order valence-corrected chi connectivity index (χ2v) is 3.41. The first-order valence-electron chi connectivity index (χ1n) is 4.04. The SMILES string of the molecule is C=CCCCC#CCCCI. The predicted molar refractivity (Wildman–Crippen MR) is 59.9 cm³/mol. The van der Waals surface area contributed by atoms with Gasteiger partial charge < -0.3 is 0 Å². The molecule has 0 aromatic carbocycles. The Morgan fingerprint density at radius 1 is 1.18 bits per heavy atom. The molecule has 0 N–H and O–H groups in total. The van der Waals surface area contributed by atoms with Crippen molar-refractivity contribution in [1.82, 2.24) is 0 Å². The molecule has 62 valence electrons. The van der Waals surface area contributed by atoms with Crippen molar-refractivity contribution in [2.45, 2.75) is 32.1 Å². The summed E-state index contributed by atoms with van der Waals surface area (Å²) in [5.74, 6) is 6.31. The molecule has 0 nitrogen and oxygen atoms in total. The van der Waals surface area contributed by atoms with E-state index >= 15 is 0 Å². The van der Waals surface area contributed by atoms with E-state index in [1.165, 1.54) is 17.3 Å². The van der Waals surface area contributed by atoms with Gasteiger partial charge in [0.25, 0.3) is 0 Å². The third kappa shape index (κ3) is 10.0. The van der Waals surface area contributed by atoms with Crippen molar-refractivity contribution >= 4 is 22.6 Å². The molecular formula is C10H15I. The van der Waals surface area contributed by atoms with Crippen molar-refractivity contribution in [3.05, 3.63) is 12.7 Å². The first-order valence-corrected chi connectivity index (χ1v) is 5.57. The minimum Gasteiger partial charge on any atom is -0.103 e. The maximum absolute atomic E-state index is 3.66. The van der Waals surface area contributed by atoms with Gasteiger partial charge in [0.1, 0.15) is 0 Å². The lowest BCUT2D eigenvalue weighted by Crippen LogP contribution is -1.72. The lowest BCUT2D eigenvalue weighted by Gasteiger charge is -1.85. The minimum absolute atomic E-state index is 1.03. The van der Waals surface area contributed by atoms with Crippen molar-refractivity contribution in [1.29, 1.82) is 0 Å². The van der Waals surface area contributed by atoms with E-state index in [2.05, 4.69) is 41.0 Å². The molecule has 0 aliphatic heterocycles. The number of hydrogen-bond acceptors (Lipinski definition) is 0. The molecule has 0 saturated carbocycles. The summed E-state index contributed by atoms with van der Waals surface area (Å²) in [6.07, 6.45) is 7.55. The molecule has 0 radical (unpaired) electrons. The van der Waals surface area contributed by atoms with Gasteiger partial charge >= 0.3 is 0 Å². The Bertz CT molecular complexity index is 139. The fraction of sp³-hybridized carbons (Fsp3) is 0.600. The molecule has 1 heteroatoms. The van der Waals surface area contributed by atoms with Crippen LogP contribution in [0, 0.1) is 11.8 Å². The molecule has 0 atom stereocenters. The van der Waals surface area contributed by atoms with Crippen molar-refractivity contribution in [2.24, 2.45) is 0 Å². The molecule has 0 saturated heterocycles. The molecule has 0 aromatic heterocycles. The summed E-state index contributed by atoms with van der Waals surface area (Å²) in [5.41, 5.74) is 0. The summed E-state index contributed by atoms with van der Waals surface area (Å²) < 4.78 is 1.22. The van der Waals surface area contributed by atoms with Gasteiger partial charge in [-0.15, -0.1) is 18.4 Å². The zero-order valence-electron chi connectivity index (χ0n) is 6.91. The minimum atomic E-state index is 1.03. The highest BCUT2D eigenvalue weighted by atomic mass is 127. The van der Waals surface area contributed by atoms with Crippen LogP contribution in [-0.4, -0.2) is 4.43 Å². The van der Waals surface area contributed by atoms with Crippen LogP contribution in [0.5, 0.6) is 0 Å². The van der Waals surface area contributed by atoms with Crippen LogP contribution in [0.15, 0.2) is 12.7 Å². The number of unbranched alkanes of at least 4 members (excludes halogenated alkanes) is 3. The van der Waals surface area contributed by atoms with Crippen molar-refractivity contribution in [2.75, 3.05) is 4.43 Å². The van der Waals surface area contributed by atoms with Crippen LogP contribution < -0.4 is 0 Å². The summed E-state index contributed by atoms with van der Waals surface area (Å²) in [6.45, 7) is 3.66. The number of alkyl halides is 1. The van der Waals surface area contributed by atoms with E-state index in [-0.39, 0.29) is 0 Å². The lowest BCUT2D eigenvalue weighted by atomic mass is 10.2. The number of halogens is 1. The average molecular weight is 262 g/mol. The van der Waals surface area contributed by atoms with E-state index in [4.69, 9.17) is 0 Å². The van der Waals surface area contributed by atoms with Gasteiger partial charge in [0.15, 0.2) is 0 Å². The first-order chi connectivity index (χ1) is 5.41. The summed E-state index contributed by atoms with van der Waals surface area (Å²) in [6, 6.07) is 0. The van der Waals surface area contributed by atoms with Crippen LogP contribution in [0.1, 0.15) is 32.1 Å². The number of allylic oxidation sites excluding steroid dienone is 1. The highest BCUT2D eigenvalue weighted by molar-refractivity contribution is 14.1. The van der Waals surface area contributed by atoms with Gasteiger partial charge in [-0.3, -0.25) is 0 Å². The van der Waals surface area contributed by atoms with Crippen molar-refractivity contribution in [3.63, 3.8) is 0 Å². The molecular weight excluding hydrogens is 247 g/mol. The maximum atomic E-state index is 3.66. The Balaban J connectivity index is 3.05. The maximum Gasteiger partial charge on any atom is 0.00959 e. The van der Waals surface area contributed by atoms with Gasteiger partial charge in [-0.1, -0.05) is 28.7 Å². The fourth-order valence-electron chi connectivity index (χ4n) is 0.667. The Morgan fingerprint density at radius 3 is 2.36 bits per heavy atom. The molecule has 0 aliphatic carbocycles.